The van der Waals surface area contributed by atoms with E-state index in [4.69, 9.17) is 0 Å². The fourth-order valence-corrected chi connectivity index (χ4v) is 6.16. The summed E-state index contributed by atoms with van der Waals surface area (Å²) in [6, 6.07) is 8.71. The van der Waals surface area contributed by atoms with Gasteiger partial charge in [0.2, 0.25) is 11.8 Å². The van der Waals surface area contributed by atoms with Crippen LogP contribution < -0.4 is 4.90 Å². The zero-order valence-corrected chi connectivity index (χ0v) is 19.0. The van der Waals surface area contributed by atoms with Crippen LogP contribution in [0, 0.1) is 18.8 Å². The van der Waals surface area contributed by atoms with Crippen LogP contribution >= 0.6 is 11.3 Å². The number of rotatable bonds is 4. The Labute approximate surface area is 186 Å². The third kappa shape index (κ3) is 2.77. The first-order valence-corrected chi connectivity index (χ1v) is 11.8. The minimum Gasteiger partial charge on any atom is -0.352 e. The van der Waals surface area contributed by atoms with Gasteiger partial charge in [0.05, 0.1) is 22.8 Å². The average Bonchev–Trinajstić information content (AvgIpc) is 3.44. The van der Waals surface area contributed by atoms with Crippen molar-refractivity contribution in [1.29, 1.82) is 0 Å². The fraction of sp³-hybridized carbons (Fsp3) is 0.400. The first-order chi connectivity index (χ1) is 14.8. The van der Waals surface area contributed by atoms with E-state index < -0.39 is 17.9 Å². The molecular weight excluding hydrogens is 408 g/mol. The second kappa shape index (κ2) is 7.16. The third-order valence-corrected chi connectivity index (χ3v) is 7.99. The van der Waals surface area contributed by atoms with Crippen molar-refractivity contribution in [3.05, 3.63) is 57.8 Å². The number of amides is 2. The molecule has 2 fully saturated rings. The number of thiophene rings is 1. The molecule has 1 aromatic carbocycles. The molecule has 0 radical (unpaired) electrons. The number of imide groups is 1. The number of ketones is 1. The number of hydrogen-bond donors (Lipinski definition) is 0. The van der Waals surface area contributed by atoms with Gasteiger partial charge in [0.25, 0.3) is 0 Å². The Morgan fingerprint density at radius 2 is 1.87 bits per heavy atom. The quantitative estimate of drug-likeness (QED) is 0.531. The predicted octanol–water partition coefficient (Wildman–Crippen LogP) is 4.31. The van der Waals surface area contributed by atoms with Gasteiger partial charge in [-0.05, 0) is 56.3 Å². The van der Waals surface area contributed by atoms with Crippen LogP contribution in [0.5, 0.6) is 0 Å². The maximum absolute atomic E-state index is 13.7. The van der Waals surface area contributed by atoms with Crippen molar-refractivity contribution >= 4 is 40.2 Å². The predicted molar refractivity (Wildman–Crippen MR) is 122 cm³/mol. The number of benzene rings is 1. The minimum absolute atomic E-state index is 0.0703. The molecule has 5 nitrogen and oxygen atoms in total. The summed E-state index contributed by atoms with van der Waals surface area (Å²) >= 11 is 1.39. The van der Waals surface area contributed by atoms with Crippen molar-refractivity contribution in [2.75, 3.05) is 4.90 Å². The Hall–Kier alpha value is -2.73. The molecule has 0 unspecified atom stereocenters. The van der Waals surface area contributed by atoms with Crippen LogP contribution in [-0.4, -0.2) is 40.6 Å². The molecule has 31 heavy (non-hydrogen) atoms. The Bertz CT molecular complexity index is 1120. The summed E-state index contributed by atoms with van der Waals surface area (Å²) in [5, 5.41) is 1.88. The molecule has 2 aromatic rings. The van der Waals surface area contributed by atoms with Gasteiger partial charge in [0.1, 0.15) is 6.04 Å². The van der Waals surface area contributed by atoms with Crippen molar-refractivity contribution < 1.29 is 14.4 Å². The average molecular weight is 435 g/mol. The van der Waals surface area contributed by atoms with Gasteiger partial charge in [-0.15, -0.1) is 11.3 Å². The number of nitrogens with zero attached hydrogens (tertiary/aromatic N) is 2. The van der Waals surface area contributed by atoms with Crippen LogP contribution in [0.25, 0.3) is 5.57 Å². The summed E-state index contributed by atoms with van der Waals surface area (Å²) in [5.41, 5.74) is 4.24. The molecule has 160 valence electrons. The van der Waals surface area contributed by atoms with E-state index in [1.165, 1.54) is 16.2 Å². The summed E-state index contributed by atoms with van der Waals surface area (Å²) in [4.78, 5) is 44.9. The number of likely N-dealkylation sites (tertiary alicyclic amines) is 1. The summed E-state index contributed by atoms with van der Waals surface area (Å²) in [7, 11) is 0. The van der Waals surface area contributed by atoms with Gasteiger partial charge >= 0.3 is 0 Å². The largest absolute Gasteiger partial charge is 0.352 e. The molecule has 0 bridgehead atoms. The van der Waals surface area contributed by atoms with Crippen LogP contribution in [0.4, 0.5) is 5.69 Å². The number of aryl methyl sites for hydroxylation is 1. The van der Waals surface area contributed by atoms with E-state index in [2.05, 4.69) is 17.0 Å². The Balaban J connectivity index is 1.69. The van der Waals surface area contributed by atoms with Crippen molar-refractivity contribution in [2.45, 2.75) is 52.2 Å². The van der Waals surface area contributed by atoms with E-state index in [-0.39, 0.29) is 29.7 Å². The van der Waals surface area contributed by atoms with Gasteiger partial charge in [0, 0.05) is 17.3 Å². The lowest BCUT2D eigenvalue weighted by atomic mass is 9.86. The van der Waals surface area contributed by atoms with Crippen molar-refractivity contribution in [1.82, 2.24) is 4.90 Å². The number of carbonyl (C=O) groups excluding carboxylic acids is 3. The third-order valence-electron chi connectivity index (χ3n) is 7.10. The lowest BCUT2D eigenvalue weighted by molar-refractivity contribution is -0.142. The topological polar surface area (TPSA) is 57.7 Å². The highest BCUT2D eigenvalue weighted by molar-refractivity contribution is 7.12. The molecule has 0 spiro atoms. The Kier molecular flexibility index (Phi) is 4.66. The maximum atomic E-state index is 13.7. The van der Waals surface area contributed by atoms with Crippen molar-refractivity contribution in [3.63, 3.8) is 0 Å². The Morgan fingerprint density at radius 3 is 2.55 bits per heavy atom. The summed E-state index contributed by atoms with van der Waals surface area (Å²) in [6.07, 6.45) is 2.79. The van der Waals surface area contributed by atoms with Crippen LogP contribution in [0.15, 0.2) is 41.8 Å². The van der Waals surface area contributed by atoms with Crippen LogP contribution in [0.3, 0.4) is 0 Å². The molecule has 0 aliphatic carbocycles. The molecule has 0 N–H and O–H groups in total. The number of hydrogen-bond acceptors (Lipinski definition) is 5. The first kappa shape index (κ1) is 20.2. The summed E-state index contributed by atoms with van der Waals surface area (Å²) in [6.45, 7) is 7.98. The van der Waals surface area contributed by atoms with Gasteiger partial charge in [-0.2, -0.15) is 0 Å². The van der Waals surface area contributed by atoms with Gasteiger partial charge in [-0.25, -0.2) is 0 Å². The minimum atomic E-state index is -0.676. The standard InChI is InChI=1S/C25H26N2O3S/c1-5-15(4)26-24(29)20-18-12-14(3)16-11-13(2)8-9-17(16)27(18)22(21(20)25(26)30)23(28)19-7-6-10-31-19/h6-12,15,18,20-22H,5H2,1-4H3/t15-,18-,20-,21+,22-/m0/s1. The lowest BCUT2D eigenvalue weighted by Gasteiger charge is -2.38. The normalized spacial score (nSPS) is 27.7. The van der Waals surface area contributed by atoms with Gasteiger partial charge in [-0.3, -0.25) is 19.3 Å². The van der Waals surface area contributed by atoms with E-state index >= 15 is 0 Å². The highest BCUT2D eigenvalue weighted by Crippen LogP contribution is 2.51. The van der Waals surface area contributed by atoms with E-state index in [0.29, 0.717) is 11.3 Å². The van der Waals surface area contributed by atoms with E-state index in [1.807, 2.05) is 57.3 Å². The SMILES string of the molecule is CC[C@H](C)N1C(=O)[C@@H]2[C@@H](C1=O)[C@@H]1C=C(C)c3cc(C)ccc3N1[C@@H]2C(=O)c1cccs1. The van der Waals surface area contributed by atoms with Crippen LogP contribution in [0.2, 0.25) is 0 Å². The zero-order valence-electron chi connectivity index (χ0n) is 18.2. The molecule has 5 rings (SSSR count). The molecule has 1 aromatic heterocycles. The fourth-order valence-electron chi connectivity index (χ4n) is 5.46. The maximum Gasteiger partial charge on any atom is 0.236 e. The van der Waals surface area contributed by atoms with E-state index in [0.717, 1.165) is 22.4 Å². The van der Waals surface area contributed by atoms with Gasteiger partial charge < -0.3 is 4.90 Å². The molecule has 6 heteroatoms. The van der Waals surface area contributed by atoms with Gasteiger partial charge in [-0.1, -0.05) is 30.7 Å². The summed E-state index contributed by atoms with van der Waals surface area (Å²) in [5.74, 6) is -1.59. The molecule has 2 amide bonds. The first-order valence-electron chi connectivity index (χ1n) is 10.9. The van der Waals surface area contributed by atoms with Crippen molar-refractivity contribution in [2.24, 2.45) is 11.8 Å². The molecule has 4 heterocycles. The molecule has 2 saturated heterocycles. The van der Waals surface area contributed by atoms with Crippen molar-refractivity contribution in [3.8, 4) is 0 Å². The number of allylic oxidation sites excluding steroid dienone is 1. The Morgan fingerprint density at radius 1 is 1.13 bits per heavy atom. The number of fused-ring (bicyclic) bond motifs is 5. The van der Waals surface area contributed by atoms with Crippen LogP contribution in [-0.2, 0) is 9.59 Å². The summed E-state index contributed by atoms with van der Waals surface area (Å²) < 4.78 is 0. The second-order valence-corrected chi connectivity index (χ2v) is 9.86. The second-order valence-electron chi connectivity index (χ2n) is 8.91. The van der Waals surface area contributed by atoms with Gasteiger partial charge in [0.15, 0.2) is 5.78 Å². The highest BCUT2D eigenvalue weighted by Gasteiger charge is 2.64. The smallest absolute Gasteiger partial charge is 0.236 e. The number of carbonyl (C=O) groups is 3. The zero-order chi connectivity index (χ0) is 22.0. The molecule has 3 aliphatic heterocycles. The molecule has 3 aliphatic rings. The molecular formula is C25H26N2O3S. The highest BCUT2D eigenvalue weighted by atomic mass is 32.1. The molecule has 0 saturated carbocycles. The lowest BCUT2D eigenvalue weighted by Crippen LogP contribution is -2.50. The number of Topliss-reactive ketones (excluding diaryl/α,β-unsaturated/α-hetero) is 1. The van der Waals surface area contributed by atoms with Crippen LogP contribution in [0.1, 0.15) is 48.0 Å². The number of anilines is 1. The van der Waals surface area contributed by atoms with E-state index in [1.54, 1.807) is 0 Å². The monoisotopic (exact) mass is 434 g/mol. The molecule has 5 atom stereocenters. The van der Waals surface area contributed by atoms with E-state index in [9.17, 15) is 14.4 Å².